The average molecular weight is 574 g/mol. The molecular weight excluding hydrogens is 551 g/mol. The number of pyridine rings is 1. The lowest BCUT2D eigenvalue weighted by atomic mass is 9.91. The van der Waals surface area contributed by atoms with E-state index in [1.165, 1.54) is 16.3 Å². The summed E-state index contributed by atoms with van der Waals surface area (Å²) < 4.78 is 0. The number of rotatable bonds is 6. The van der Waals surface area contributed by atoms with Crippen LogP contribution in [-0.2, 0) is 11.2 Å². The minimum Gasteiger partial charge on any atom is -0.321 e. The van der Waals surface area contributed by atoms with Gasteiger partial charge >= 0.3 is 0 Å². The van der Waals surface area contributed by atoms with E-state index in [0.29, 0.717) is 34.2 Å². The van der Waals surface area contributed by atoms with Gasteiger partial charge in [0.25, 0.3) is 5.56 Å². The number of para-hydroxylation sites is 1. The number of hydrogen-bond donors (Lipinski definition) is 1. The van der Waals surface area contributed by atoms with Crippen molar-refractivity contribution in [3.63, 3.8) is 0 Å². The molecule has 1 atom stereocenters. The van der Waals surface area contributed by atoms with Gasteiger partial charge < -0.3 is 4.98 Å². The Morgan fingerprint density at radius 3 is 2.41 bits per heavy atom. The van der Waals surface area contributed by atoms with Crippen molar-refractivity contribution in [2.45, 2.75) is 25.3 Å². The van der Waals surface area contributed by atoms with E-state index in [4.69, 9.17) is 28.3 Å². The third-order valence-corrected chi connectivity index (χ3v) is 8.14. The van der Waals surface area contributed by atoms with E-state index < -0.39 is 0 Å². The first-order chi connectivity index (χ1) is 19.0. The van der Waals surface area contributed by atoms with E-state index in [0.717, 1.165) is 32.6 Å². The molecule has 0 saturated heterocycles. The number of halogens is 2. The number of hydrazone groups is 1. The predicted octanol–water partition coefficient (Wildman–Crippen LogP) is 7.27. The van der Waals surface area contributed by atoms with E-state index in [-0.39, 0.29) is 23.9 Å². The first-order valence-corrected chi connectivity index (χ1v) is 14.1. The van der Waals surface area contributed by atoms with Gasteiger partial charge in [-0.1, -0.05) is 65.7 Å². The van der Waals surface area contributed by atoms with Crippen LogP contribution in [0.2, 0.25) is 10.0 Å². The number of aryl methyl sites for hydroxylation is 1. The number of thiazole rings is 1. The van der Waals surface area contributed by atoms with Crippen molar-refractivity contribution >= 4 is 57.1 Å². The van der Waals surface area contributed by atoms with Crippen LogP contribution in [0.25, 0.3) is 22.0 Å². The van der Waals surface area contributed by atoms with E-state index in [1.54, 1.807) is 30.5 Å². The Kier molecular flexibility index (Phi) is 7.04. The fraction of sp³-hybridized carbons (Fsp3) is 0.133. The van der Waals surface area contributed by atoms with Crippen LogP contribution in [0.5, 0.6) is 0 Å². The molecule has 1 aliphatic heterocycles. The fourth-order valence-electron chi connectivity index (χ4n) is 4.98. The predicted molar refractivity (Wildman–Crippen MR) is 158 cm³/mol. The molecule has 39 heavy (non-hydrogen) atoms. The van der Waals surface area contributed by atoms with Gasteiger partial charge in [-0.3, -0.25) is 9.59 Å². The van der Waals surface area contributed by atoms with Crippen molar-refractivity contribution in [2.24, 2.45) is 5.10 Å². The lowest BCUT2D eigenvalue weighted by Crippen LogP contribution is -2.27. The first-order valence-electron chi connectivity index (χ1n) is 12.4. The molecule has 6 rings (SSSR count). The minimum absolute atomic E-state index is 0.134. The Labute approximate surface area is 238 Å². The van der Waals surface area contributed by atoms with Crippen molar-refractivity contribution in [2.75, 3.05) is 0 Å². The number of aromatic nitrogens is 2. The van der Waals surface area contributed by atoms with Crippen LogP contribution in [0, 0.1) is 0 Å². The Balaban J connectivity index is 1.48. The number of carbonyl (C=O) groups is 1. The zero-order valence-corrected chi connectivity index (χ0v) is 22.9. The van der Waals surface area contributed by atoms with Gasteiger partial charge in [-0.2, -0.15) is 5.10 Å². The zero-order valence-electron chi connectivity index (χ0n) is 20.6. The Hall–Kier alpha value is -3.78. The molecule has 1 amide bonds. The van der Waals surface area contributed by atoms with E-state index in [1.807, 2.05) is 53.9 Å². The largest absolute Gasteiger partial charge is 0.321 e. The summed E-state index contributed by atoms with van der Waals surface area (Å²) in [6.45, 7) is 0. The highest BCUT2D eigenvalue weighted by Crippen LogP contribution is 2.37. The molecule has 1 aliphatic rings. The number of H-pyrrole nitrogens is 1. The molecule has 0 fully saturated rings. The fourth-order valence-corrected chi connectivity index (χ4v) is 5.85. The third kappa shape index (κ3) is 5.13. The average Bonchev–Trinajstić information content (AvgIpc) is 3.63. The van der Waals surface area contributed by atoms with Crippen molar-refractivity contribution < 1.29 is 4.79 Å². The highest BCUT2D eigenvalue weighted by molar-refractivity contribution is 7.09. The number of nitrogens with one attached hydrogen (secondary N) is 1. The Morgan fingerprint density at radius 1 is 0.974 bits per heavy atom. The van der Waals surface area contributed by atoms with Crippen LogP contribution in [-0.4, -0.2) is 26.6 Å². The molecule has 9 heteroatoms. The Bertz CT molecular complexity index is 1750. The van der Waals surface area contributed by atoms with Crippen LogP contribution in [0.1, 0.15) is 35.0 Å². The first kappa shape index (κ1) is 25.5. The number of fused-ring (bicyclic) bond motifs is 1. The normalized spacial score (nSPS) is 15.1. The van der Waals surface area contributed by atoms with Crippen molar-refractivity contribution in [3.8, 4) is 11.1 Å². The summed E-state index contributed by atoms with van der Waals surface area (Å²) in [5.74, 6) is -0.134. The molecule has 3 heterocycles. The molecule has 5 aromatic rings. The summed E-state index contributed by atoms with van der Waals surface area (Å²) in [5.41, 5.74) is 3.96. The summed E-state index contributed by atoms with van der Waals surface area (Å²) in [7, 11) is 0. The van der Waals surface area contributed by atoms with Crippen LogP contribution in [0.4, 0.5) is 0 Å². The number of carbonyl (C=O) groups excluding carboxylic acids is 1. The summed E-state index contributed by atoms with van der Waals surface area (Å²) in [6.07, 6.45) is 2.90. The summed E-state index contributed by atoms with van der Waals surface area (Å²) >= 11 is 13.9. The molecule has 0 radical (unpaired) electrons. The van der Waals surface area contributed by atoms with Crippen molar-refractivity contribution in [1.82, 2.24) is 15.0 Å². The second-order valence-corrected chi connectivity index (χ2v) is 11.1. The molecule has 1 unspecified atom stereocenters. The molecule has 0 saturated carbocycles. The molecule has 2 aromatic heterocycles. The van der Waals surface area contributed by atoms with Gasteiger partial charge in [-0.15, -0.1) is 11.3 Å². The van der Waals surface area contributed by atoms with Gasteiger partial charge in [-0.05, 0) is 41.5 Å². The number of amides is 1. The lowest BCUT2D eigenvalue weighted by Gasteiger charge is -2.22. The second kappa shape index (κ2) is 10.8. The smallest absolute Gasteiger partial charge is 0.258 e. The minimum atomic E-state index is -0.370. The van der Waals surface area contributed by atoms with Crippen LogP contribution < -0.4 is 5.56 Å². The van der Waals surface area contributed by atoms with Crippen molar-refractivity contribution in [1.29, 1.82) is 0 Å². The van der Waals surface area contributed by atoms with Crippen LogP contribution in [0.15, 0.2) is 94.3 Å². The second-order valence-electron chi connectivity index (χ2n) is 9.24. The van der Waals surface area contributed by atoms with Crippen molar-refractivity contribution in [3.05, 3.63) is 121 Å². The van der Waals surface area contributed by atoms with Gasteiger partial charge in [0.2, 0.25) is 5.91 Å². The molecule has 0 spiro atoms. The molecular formula is C30H22Cl2N4O2S. The van der Waals surface area contributed by atoms with E-state index >= 15 is 0 Å². The van der Waals surface area contributed by atoms with E-state index in [9.17, 15) is 9.59 Å². The highest BCUT2D eigenvalue weighted by Gasteiger charge is 2.35. The van der Waals surface area contributed by atoms with Gasteiger partial charge in [0.1, 0.15) is 0 Å². The zero-order chi connectivity index (χ0) is 26.9. The van der Waals surface area contributed by atoms with Gasteiger partial charge in [0.05, 0.1) is 22.3 Å². The molecule has 1 N–H and O–H groups in total. The molecule has 0 aliphatic carbocycles. The van der Waals surface area contributed by atoms with Crippen LogP contribution in [0.3, 0.4) is 0 Å². The summed E-state index contributed by atoms with van der Waals surface area (Å²) in [4.78, 5) is 34.5. The summed E-state index contributed by atoms with van der Waals surface area (Å²) in [5, 5.41) is 11.2. The SMILES string of the molecule is O=C(CCc1nccs1)N1N=C(c2c(-c3ccc(Cl)cc3)c3ccccc3[nH]c2=O)CC1c1ccc(Cl)cc1. The van der Waals surface area contributed by atoms with Gasteiger partial charge in [-0.25, -0.2) is 9.99 Å². The van der Waals surface area contributed by atoms with E-state index in [2.05, 4.69) is 9.97 Å². The number of benzene rings is 3. The maximum atomic E-state index is 13.6. The number of aromatic amines is 1. The lowest BCUT2D eigenvalue weighted by molar-refractivity contribution is -0.133. The maximum Gasteiger partial charge on any atom is 0.258 e. The Morgan fingerprint density at radius 2 is 1.69 bits per heavy atom. The third-order valence-electron chi connectivity index (χ3n) is 6.80. The molecule has 6 nitrogen and oxygen atoms in total. The quantitative estimate of drug-likeness (QED) is 0.232. The van der Waals surface area contributed by atoms with Gasteiger partial charge in [0.15, 0.2) is 0 Å². The monoisotopic (exact) mass is 572 g/mol. The standard InChI is InChI=1S/C30H22Cl2N4O2S/c31-20-9-5-18(6-10-20)25-17-24(35-36(25)27(37)14-13-26-33-15-16-39-26)29-28(19-7-11-21(32)12-8-19)22-3-1-2-4-23(22)34-30(29)38/h1-12,15-16,25H,13-14,17H2,(H,34,38). The van der Waals surface area contributed by atoms with Gasteiger partial charge in [0, 0.05) is 57.4 Å². The number of nitrogens with zero attached hydrogens (tertiary/aromatic N) is 3. The topological polar surface area (TPSA) is 78.4 Å². The molecule has 194 valence electrons. The molecule has 0 bridgehead atoms. The highest BCUT2D eigenvalue weighted by atomic mass is 35.5. The maximum absolute atomic E-state index is 13.6. The van der Waals surface area contributed by atoms with Crippen LogP contribution >= 0.6 is 34.5 Å². The number of hydrogen-bond acceptors (Lipinski definition) is 5. The molecule has 3 aromatic carbocycles. The summed E-state index contributed by atoms with van der Waals surface area (Å²) in [6, 6.07) is 22.1.